The molecule has 11 aromatic rings. The Morgan fingerprint density at radius 1 is 0.404 bits per heavy atom. The Morgan fingerprint density at radius 3 is 1.85 bits per heavy atom. The van der Waals surface area contributed by atoms with Crippen LogP contribution < -0.4 is 0 Å². The van der Waals surface area contributed by atoms with Gasteiger partial charge in [0.05, 0.1) is 44.8 Å². The topological polar surface area (TPSA) is 52.9 Å². The SMILES string of the molecule is c1ccc(-n2c3ccccc3c3c4c5cc6c(cc5n(-c5ccccc5)c4ccc32)c2cnccc2n2c3cnccc3nc62)cc1. The van der Waals surface area contributed by atoms with Gasteiger partial charge in [-0.05, 0) is 72.1 Å². The van der Waals surface area contributed by atoms with Gasteiger partial charge in [-0.1, -0.05) is 54.6 Å². The standard InChI is InChI=1S/C41H24N6/c1-3-9-25(10-4-1)45-33-14-8-7-13-27(33)39-35(45)15-16-36-40(39)30-21-29-28(22-37(30)46(36)26-11-5-2-6-12-26)31-23-42-20-18-34(31)47-38-24-43-19-17-32(38)44-41(29)47/h1-24H. The van der Waals surface area contributed by atoms with Crippen molar-refractivity contribution in [1.82, 2.24) is 28.5 Å². The van der Waals surface area contributed by atoms with Crippen LogP contribution in [0.2, 0.25) is 0 Å². The van der Waals surface area contributed by atoms with Gasteiger partial charge in [0.25, 0.3) is 0 Å². The van der Waals surface area contributed by atoms with Crippen LogP contribution >= 0.6 is 0 Å². The molecule has 6 aromatic heterocycles. The maximum absolute atomic E-state index is 5.19. The van der Waals surface area contributed by atoms with Crippen molar-refractivity contribution in [3.05, 3.63) is 146 Å². The van der Waals surface area contributed by atoms with Gasteiger partial charge in [-0.15, -0.1) is 0 Å². The van der Waals surface area contributed by atoms with E-state index in [9.17, 15) is 0 Å². The molecular weight excluding hydrogens is 576 g/mol. The number of rotatable bonds is 2. The van der Waals surface area contributed by atoms with Gasteiger partial charge in [-0.25, -0.2) is 4.98 Å². The Bertz CT molecular complexity index is 3060. The Labute approximate surface area is 267 Å². The van der Waals surface area contributed by atoms with E-state index in [1.54, 1.807) is 0 Å². The van der Waals surface area contributed by atoms with E-state index >= 15 is 0 Å². The molecule has 0 bridgehead atoms. The van der Waals surface area contributed by atoms with Crippen molar-refractivity contribution in [3.63, 3.8) is 0 Å². The van der Waals surface area contributed by atoms with Gasteiger partial charge >= 0.3 is 0 Å². The van der Waals surface area contributed by atoms with E-state index < -0.39 is 0 Å². The molecule has 0 aliphatic rings. The molecule has 6 heterocycles. The van der Waals surface area contributed by atoms with E-state index in [1.165, 1.54) is 38.1 Å². The van der Waals surface area contributed by atoms with Crippen LogP contribution in [0, 0.1) is 0 Å². The van der Waals surface area contributed by atoms with Crippen molar-refractivity contribution < 1.29 is 0 Å². The van der Waals surface area contributed by atoms with E-state index in [0.29, 0.717) is 0 Å². The highest BCUT2D eigenvalue weighted by Gasteiger charge is 2.23. The monoisotopic (exact) mass is 600 g/mol. The summed E-state index contributed by atoms with van der Waals surface area (Å²) in [6.45, 7) is 0. The lowest BCUT2D eigenvalue weighted by Gasteiger charge is -2.11. The molecule has 6 heteroatoms. The molecule has 0 amide bonds. The fourth-order valence-corrected chi connectivity index (χ4v) is 7.87. The average Bonchev–Trinajstić information content (AvgIpc) is 3.79. The van der Waals surface area contributed by atoms with E-state index in [0.717, 1.165) is 55.2 Å². The number of pyridine rings is 3. The van der Waals surface area contributed by atoms with Crippen LogP contribution in [0.15, 0.2) is 146 Å². The van der Waals surface area contributed by atoms with Gasteiger partial charge in [-0.3, -0.25) is 14.4 Å². The van der Waals surface area contributed by atoms with E-state index in [4.69, 9.17) is 4.98 Å². The molecule has 218 valence electrons. The van der Waals surface area contributed by atoms with Crippen molar-refractivity contribution in [3.8, 4) is 11.4 Å². The molecule has 0 aliphatic carbocycles. The Hall–Kier alpha value is -6.53. The maximum atomic E-state index is 5.19. The van der Waals surface area contributed by atoms with Crippen LogP contribution in [0.4, 0.5) is 0 Å². The predicted molar refractivity (Wildman–Crippen MR) is 192 cm³/mol. The van der Waals surface area contributed by atoms with Crippen molar-refractivity contribution >= 4 is 82.0 Å². The fraction of sp³-hybridized carbons (Fsp3) is 0. The first kappa shape index (κ1) is 24.8. The molecule has 5 aromatic carbocycles. The molecule has 0 unspecified atom stereocenters. The Kier molecular flexibility index (Phi) is 4.75. The number of para-hydroxylation sites is 3. The zero-order valence-electron chi connectivity index (χ0n) is 25.0. The van der Waals surface area contributed by atoms with Crippen LogP contribution in [0.25, 0.3) is 93.3 Å². The van der Waals surface area contributed by atoms with E-state index in [2.05, 4.69) is 139 Å². The summed E-state index contributed by atoms with van der Waals surface area (Å²) in [5.74, 6) is 0. The van der Waals surface area contributed by atoms with E-state index in [-0.39, 0.29) is 0 Å². The summed E-state index contributed by atoms with van der Waals surface area (Å²) in [5.41, 5.74) is 10.9. The fourth-order valence-electron chi connectivity index (χ4n) is 7.87. The number of imidazole rings is 1. The van der Waals surface area contributed by atoms with Crippen molar-refractivity contribution in [2.75, 3.05) is 0 Å². The molecule has 0 radical (unpaired) electrons. The molecule has 0 spiro atoms. The summed E-state index contributed by atoms with van der Waals surface area (Å²) in [6.07, 6.45) is 7.55. The van der Waals surface area contributed by atoms with Gasteiger partial charge in [0.15, 0.2) is 0 Å². The zero-order chi connectivity index (χ0) is 30.6. The molecule has 0 saturated carbocycles. The molecule has 0 saturated heterocycles. The van der Waals surface area contributed by atoms with Crippen LogP contribution in [0.5, 0.6) is 0 Å². The van der Waals surface area contributed by atoms with Gasteiger partial charge < -0.3 is 9.13 Å². The average molecular weight is 601 g/mol. The minimum atomic E-state index is 0.920. The summed E-state index contributed by atoms with van der Waals surface area (Å²) in [7, 11) is 0. The third kappa shape index (κ3) is 3.21. The number of fused-ring (bicyclic) bond motifs is 15. The molecular formula is C41H24N6. The lowest BCUT2D eigenvalue weighted by Crippen LogP contribution is -1.95. The second-order valence-corrected chi connectivity index (χ2v) is 12.2. The second-order valence-electron chi connectivity index (χ2n) is 12.2. The summed E-state index contributed by atoms with van der Waals surface area (Å²) < 4.78 is 7.04. The molecule has 0 atom stereocenters. The number of nitrogens with zero attached hydrogens (tertiary/aromatic N) is 6. The van der Waals surface area contributed by atoms with Gasteiger partial charge in [0, 0.05) is 62.3 Å². The first-order valence-corrected chi connectivity index (χ1v) is 15.8. The molecule has 0 N–H and O–H groups in total. The Morgan fingerprint density at radius 2 is 1.06 bits per heavy atom. The smallest absolute Gasteiger partial charge is 0.146 e. The number of hydrogen-bond acceptors (Lipinski definition) is 3. The van der Waals surface area contributed by atoms with Gasteiger partial charge in [0.2, 0.25) is 0 Å². The van der Waals surface area contributed by atoms with Crippen LogP contribution in [0.3, 0.4) is 0 Å². The van der Waals surface area contributed by atoms with Crippen LogP contribution in [-0.2, 0) is 0 Å². The van der Waals surface area contributed by atoms with E-state index in [1.807, 2.05) is 30.9 Å². The number of hydrogen-bond donors (Lipinski definition) is 0. The van der Waals surface area contributed by atoms with Crippen molar-refractivity contribution in [1.29, 1.82) is 0 Å². The maximum Gasteiger partial charge on any atom is 0.146 e. The van der Waals surface area contributed by atoms with Crippen LogP contribution in [0.1, 0.15) is 0 Å². The lowest BCUT2D eigenvalue weighted by molar-refractivity contribution is 1.17. The second kappa shape index (κ2) is 9.02. The zero-order valence-corrected chi connectivity index (χ0v) is 25.0. The summed E-state index contributed by atoms with van der Waals surface area (Å²) in [4.78, 5) is 14.2. The minimum absolute atomic E-state index is 0.920. The summed E-state index contributed by atoms with van der Waals surface area (Å²) in [6, 6.07) is 43.5. The molecule has 0 aliphatic heterocycles. The molecule has 11 rings (SSSR count). The van der Waals surface area contributed by atoms with Crippen molar-refractivity contribution in [2.45, 2.75) is 0 Å². The highest BCUT2D eigenvalue weighted by molar-refractivity contribution is 6.31. The predicted octanol–water partition coefficient (Wildman–Crippen LogP) is 9.78. The molecule has 0 fully saturated rings. The van der Waals surface area contributed by atoms with Crippen LogP contribution in [-0.4, -0.2) is 28.5 Å². The number of aromatic nitrogens is 6. The van der Waals surface area contributed by atoms with Gasteiger partial charge in [0.1, 0.15) is 5.65 Å². The molecule has 6 nitrogen and oxygen atoms in total. The number of benzene rings is 5. The third-order valence-electron chi connectivity index (χ3n) is 9.76. The third-order valence-corrected chi connectivity index (χ3v) is 9.76. The first-order valence-electron chi connectivity index (χ1n) is 15.8. The highest BCUT2D eigenvalue weighted by Crippen LogP contribution is 2.44. The summed E-state index contributed by atoms with van der Waals surface area (Å²) in [5, 5.41) is 8.19. The normalized spacial score (nSPS) is 12.3. The minimum Gasteiger partial charge on any atom is -0.309 e. The Balaban J connectivity index is 1.42. The lowest BCUT2D eigenvalue weighted by atomic mass is 10.0. The first-order chi connectivity index (χ1) is 23.3. The summed E-state index contributed by atoms with van der Waals surface area (Å²) >= 11 is 0. The van der Waals surface area contributed by atoms with Gasteiger partial charge in [-0.2, -0.15) is 0 Å². The quantitative estimate of drug-likeness (QED) is 0.186. The van der Waals surface area contributed by atoms with Crippen molar-refractivity contribution in [2.24, 2.45) is 0 Å². The largest absolute Gasteiger partial charge is 0.309 e. The highest BCUT2D eigenvalue weighted by atomic mass is 15.0. The molecule has 47 heavy (non-hydrogen) atoms.